The summed E-state index contributed by atoms with van der Waals surface area (Å²) in [6, 6.07) is 7.54. The Hall–Kier alpha value is -2.04. The minimum atomic E-state index is -0.0468. The number of rotatable bonds is 5. The van der Waals surface area contributed by atoms with Crippen molar-refractivity contribution < 1.29 is 9.59 Å². The standard InChI is InChI=1S/C18H27N3O2/c1-13-7-9-15(10-8-13)20-17(22)12-19-16-6-4-5-14(11-16)18(23)21(2)3/h4-6,11,13,15,19H,7-10,12H2,1-3H3,(H,20,22). The molecular formula is C18H27N3O2. The molecule has 1 aliphatic rings. The van der Waals surface area contributed by atoms with E-state index in [1.807, 2.05) is 12.1 Å². The zero-order chi connectivity index (χ0) is 16.8. The molecule has 1 aromatic rings. The third-order valence-electron chi connectivity index (χ3n) is 4.35. The molecule has 0 atom stereocenters. The molecule has 23 heavy (non-hydrogen) atoms. The van der Waals surface area contributed by atoms with Gasteiger partial charge in [0.2, 0.25) is 5.91 Å². The Kier molecular flexibility index (Phi) is 6.02. The molecule has 0 bridgehead atoms. The molecule has 126 valence electrons. The Labute approximate surface area is 138 Å². The molecule has 2 amide bonds. The number of benzene rings is 1. The molecule has 1 saturated carbocycles. The van der Waals surface area contributed by atoms with Crippen LogP contribution in [0.2, 0.25) is 0 Å². The maximum absolute atomic E-state index is 12.0. The fourth-order valence-corrected chi connectivity index (χ4v) is 2.89. The molecule has 2 rings (SSSR count). The maximum Gasteiger partial charge on any atom is 0.253 e. The highest BCUT2D eigenvalue weighted by molar-refractivity contribution is 5.95. The predicted molar refractivity (Wildman–Crippen MR) is 92.5 cm³/mol. The summed E-state index contributed by atoms with van der Waals surface area (Å²) >= 11 is 0. The summed E-state index contributed by atoms with van der Waals surface area (Å²) < 4.78 is 0. The highest BCUT2D eigenvalue weighted by Gasteiger charge is 2.19. The van der Waals surface area contributed by atoms with Gasteiger partial charge in [-0.3, -0.25) is 9.59 Å². The predicted octanol–water partition coefficient (Wildman–Crippen LogP) is 2.50. The van der Waals surface area contributed by atoms with Crippen molar-refractivity contribution in [2.24, 2.45) is 5.92 Å². The minimum Gasteiger partial charge on any atom is -0.376 e. The zero-order valence-corrected chi connectivity index (χ0v) is 14.3. The van der Waals surface area contributed by atoms with Crippen LogP contribution in [0.15, 0.2) is 24.3 Å². The van der Waals surface area contributed by atoms with Crippen LogP contribution in [0, 0.1) is 5.92 Å². The monoisotopic (exact) mass is 317 g/mol. The van der Waals surface area contributed by atoms with E-state index >= 15 is 0 Å². The van der Waals surface area contributed by atoms with Crippen LogP contribution in [-0.4, -0.2) is 43.4 Å². The van der Waals surface area contributed by atoms with Gasteiger partial charge in [0.1, 0.15) is 0 Å². The normalized spacial score (nSPS) is 20.7. The fraction of sp³-hybridized carbons (Fsp3) is 0.556. The first-order valence-corrected chi connectivity index (χ1v) is 8.30. The van der Waals surface area contributed by atoms with Crippen LogP contribution in [0.4, 0.5) is 5.69 Å². The van der Waals surface area contributed by atoms with E-state index in [4.69, 9.17) is 0 Å². The van der Waals surface area contributed by atoms with Gasteiger partial charge in [0.25, 0.3) is 5.91 Å². The van der Waals surface area contributed by atoms with Gasteiger partial charge in [-0.2, -0.15) is 0 Å². The molecule has 0 aromatic heterocycles. The summed E-state index contributed by atoms with van der Waals surface area (Å²) in [4.78, 5) is 25.5. The second-order valence-corrected chi connectivity index (χ2v) is 6.66. The van der Waals surface area contributed by atoms with Crippen molar-refractivity contribution in [3.05, 3.63) is 29.8 Å². The summed E-state index contributed by atoms with van der Waals surface area (Å²) in [7, 11) is 3.45. The number of carbonyl (C=O) groups is 2. The Morgan fingerprint density at radius 3 is 2.52 bits per heavy atom. The number of hydrogen-bond acceptors (Lipinski definition) is 3. The van der Waals surface area contributed by atoms with E-state index in [1.165, 1.54) is 17.7 Å². The Bertz CT molecular complexity index is 549. The molecule has 1 aromatic carbocycles. The molecule has 1 aliphatic carbocycles. The van der Waals surface area contributed by atoms with Gasteiger partial charge in [0.15, 0.2) is 0 Å². The summed E-state index contributed by atoms with van der Waals surface area (Å²) in [5.74, 6) is 0.738. The van der Waals surface area contributed by atoms with Gasteiger partial charge < -0.3 is 15.5 Å². The Morgan fingerprint density at radius 2 is 1.87 bits per heavy atom. The van der Waals surface area contributed by atoms with Gasteiger partial charge in [-0.15, -0.1) is 0 Å². The van der Waals surface area contributed by atoms with Gasteiger partial charge in [-0.1, -0.05) is 13.0 Å². The molecule has 2 N–H and O–H groups in total. The second-order valence-electron chi connectivity index (χ2n) is 6.66. The summed E-state index contributed by atoms with van der Waals surface area (Å²) in [5.41, 5.74) is 1.40. The van der Waals surface area contributed by atoms with E-state index in [-0.39, 0.29) is 18.4 Å². The van der Waals surface area contributed by atoms with Crippen LogP contribution < -0.4 is 10.6 Å². The number of nitrogens with one attached hydrogen (secondary N) is 2. The molecule has 0 aliphatic heterocycles. The largest absolute Gasteiger partial charge is 0.376 e. The van der Waals surface area contributed by atoms with Crippen LogP contribution in [0.3, 0.4) is 0 Å². The number of amides is 2. The first kappa shape index (κ1) is 17.3. The third-order valence-corrected chi connectivity index (χ3v) is 4.35. The lowest BCUT2D eigenvalue weighted by molar-refractivity contribution is -0.120. The van der Waals surface area contributed by atoms with Crippen molar-refractivity contribution >= 4 is 17.5 Å². The summed E-state index contributed by atoms with van der Waals surface area (Å²) in [6.45, 7) is 2.49. The molecule has 0 spiro atoms. The van der Waals surface area contributed by atoms with Crippen molar-refractivity contribution in [3.63, 3.8) is 0 Å². The lowest BCUT2D eigenvalue weighted by Gasteiger charge is -2.27. The molecule has 1 fully saturated rings. The Morgan fingerprint density at radius 1 is 1.17 bits per heavy atom. The number of nitrogens with zero attached hydrogens (tertiary/aromatic N) is 1. The molecule has 5 heteroatoms. The highest BCUT2D eigenvalue weighted by atomic mass is 16.2. The fourth-order valence-electron chi connectivity index (χ4n) is 2.89. The van der Waals surface area contributed by atoms with Crippen molar-refractivity contribution in [3.8, 4) is 0 Å². The van der Waals surface area contributed by atoms with E-state index in [0.717, 1.165) is 24.4 Å². The molecule has 0 heterocycles. The first-order chi connectivity index (χ1) is 11.0. The van der Waals surface area contributed by atoms with Crippen LogP contribution in [0.25, 0.3) is 0 Å². The Balaban J connectivity index is 1.82. The maximum atomic E-state index is 12.0. The molecule has 0 saturated heterocycles. The quantitative estimate of drug-likeness (QED) is 0.877. The molecule has 0 unspecified atom stereocenters. The van der Waals surface area contributed by atoms with Gasteiger partial charge in [0, 0.05) is 31.4 Å². The molecule has 5 nitrogen and oxygen atoms in total. The lowest BCUT2D eigenvalue weighted by Crippen LogP contribution is -2.40. The molecule has 0 radical (unpaired) electrons. The average Bonchev–Trinajstić information content (AvgIpc) is 2.54. The van der Waals surface area contributed by atoms with Crippen LogP contribution >= 0.6 is 0 Å². The first-order valence-electron chi connectivity index (χ1n) is 8.30. The van der Waals surface area contributed by atoms with Crippen LogP contribution in [0.1, 0.15) is 43.0 Å². The number of carbonyl (C=O) groups excluding carboxylic acids is 2. The van der Waals surface area contributed by atoms with Gasteiger partial charge in [-0.25, -0.2) is 0 Å². The van der Waals surface area contributed by atoms with Crippen molar-refractivity contribution in [1.82, 2.24) is 10.2 Å². The van der Waals surface area contributed by atoms with Crippen molar-refractivity contribution in [2.45, 2.75) is 38.6 Å². The summed E-state index contributed by atoms with van der Waals surface area (Å²) in [6.07, 6.45) is 4.51. The third kappa shape index (κ3) is 5.27. The van der Waals surface area contributed by atoms with Crippen molar-refractivity contribution in [2.75, 3.05) is 26.0 Å². The molecular weight excluding hydrogens is 290 g/mol. The second kappa shape index (κ2) is 7.99. The van der Waals surface area contributed by atoms with E-state index in [9.17, 15) is 9.59 Å². The number of hydrogen-bond donors (Lipinski definition) is 2. The minimum absolute atomic E-state index is 0.00823. The van der Waals surface area contributed by atoms with Crippen LogP contribution in [-0.2, 0) is 4.79 Å². The van der Waals surface area contributed by atoms with E-state index in [1.54, 1.807) is 26.2 Å². The van der Waals surface area contributed by atoms with E-state index < -0.39 is 0 Å². The lowest BCUT2D eigenvalue weighted by atomic mass is 9.87. The van der Waals surface area contributed by atoms with Crippen molar-refractivity contribution in [1.29, 1.82) is 0 Å². The topological polar surface area (TPSA) is 61.4 Å². The summed E-state index contributed by atoms with van der Waals surface area (Å²) in [5, 5.41) is 6.18. The van der Waals surface area contributed by atoms with Gasteiger partial charge in [-0.05, 0) is 49.8 Å². The highest BCUT2D eigenvalue weighted by Crippen LogP contribution is 2.23. The average molecular weight is 317 g/mol. The number of anilines is 1. The zero-order valence-electron chi connectivity index (χ0n) is 14.3. The van der Waals surface area contributed by atoms with Gasteiger partial charge >= 0.3 is 0 Å². The SMILES string of the molecule is CC1CCC(NC(=O)CNc2cccc(C(=O)N(C)C)c2)CC1. The van der Waals surface area contributed by atoms with E-state index in [2.05, 4.69) is 17.6 Å². The smallest absolute Gasteiger partial charge is 0.253 e. The van der Waals surface area contributed by atoms with E-state index in [0.29, 0.717) is 11.6 Å². The van der Waals surface area contributed by atoms with Crippen LogP contribution in [0.5, 0.6) is 0 Å². The van der Waals surface area contributed by atoms with Gasteiger partial charge in [0.05, 0.1) is 6.54 Å².